The average Bonchev–Trinajstić information content (AvgIpc) is 3.41. The minimum absolute atomic E-state index is 0. The van der Waals surface area contributed by atoms with Crippen LogP contribution in [0.4, 0.5) is 0 Å². The molecule has 4 heterocycles. The van der Waals surface area contributed by atoms with Crippen LogP contribution in [0.3, 0.4) is 0 Å². The van der Waals surface area contributed by atoms with E-state index < -0.39 is 0 Å². The Labute approximate surface area is 230 Å². The fraction of sp³-hybridized carbons (Fsp3) is 0.0667. The minimum atomic E-state index is 0. The smallest absolute Gasteiger partial charge is 0.459 e. The summed E-state index contributed by atoms with van der Waals surface area (Å²) in [4.78, 5) is 10.8. The molecule has 0 saturated carbocycles. The maximum Gasteiger partial charge on any atom is 2.00 e. The van der Waals surface area contributed by atoms with Gasteiger partial charge >= 0.3 is 21.1 Å². The number of hydrogen-bond donors (Lipinski definition) is 0. The molecular formula is C30H18N2OPtS2. The molecule has 0 fully saturated rings. The Balaban J connectivity index is 0.00000240. The minimum Gasteiger partial charge on any atom is -0.459 e. The number of fused-ring (bicyclic) bond motifs is 6. The molecule has 0 aliphatic carbocycles. The fourth-order valence-corrected chi connectivity index (χ4v) is 6.91. The van der Waals surface area contributed by atoms with Crippen molar-refractivity contribution in [3.05, 3.63) is 95.5 Å². The molecule has 0 aliphatic rings. The van der Waals surface area contributed by atoms with Gasteiger partial charge in [-0.1, -0.05) is 64.7 Å². The summed E-state index contributed by atoms with van der Waals surface area (Å²) in [5.74, 6) is 1.19. The van der Waals surface area contributed by atoms with Crippen molar-refractivity contribution in [2.75, 3.05) is 0 Å². The predicted molar refractivity (Wildman–Crippen MR) is 147 cm³/mol. The monoisotopic (exact) mass is 681 g/mol. The zero-order chi connectivity index (χ0) is 23.5. The Bertz CT molecular complexity index is 1920. The van der Waals surface area contributed by atoms with E-state index in [-0.39, 0.29) is 21.1 Å². The van der Waals surface area contributed by atoms with Crippen LogP contribution in [-0.2, 0) is 21.1 Å². The third-order valence-corrected chi connectivity index (χ3v) is 8.84. The van der Waals surface area contributed by atoms with E-state index in [1.165, 1.54) is 25.2 Å². The summed E-state index contributed by atoms with van der Waals surface area (Å²) in [6.45, 7) is 4.34. The molecule has 0 saturated heterocycles. The van der Waals surface area contributed by atoms with E-state index in [4.69, 9.17) is 9.72 Å². The molecule has 3 aromatic carbocycles. The van der Waals surface area contributed by atoms with Crippen LogP contribution in [0.1, 0.15) is 10.4 Å². The fourth-order valence-electron chi connectivity index (χ4n) is 4.59. The Morgan fingerprint density at radius 3 is 2.58 bits per heavy atom. The first-order chi connectivity index (χ1) is 17.2. The molecule has 36 heavy (non-hydrogen) atoms. The summed E-state index contributed by atoms with van der Waals surface area (Å²) in [5.41, 5.74) is 4.13. The van der Waals surface area contributed by atoms with Crippen LogP contribution in [0, 0.1) is 26.0 Å². The van der Waals surface area contributed by atoms with E-state index in [0.29, 0.717) is 11.6 Å². The molecule has 0 unspecified atom stereocenters. The number of ether oxygens (including phenoxy) is 1. The second-order valence-corrected chi connectivity index (χ2v) is 10.8. The number of aromatic nitrogens is 2. The number of thiophene rings is 2. The summed E-state index contributed by atoms with van der Waals surface area (Å²) < 4.78 is 9.95. The average molecular weight is 682 g/mol. The van der Waals surface area contributed by atoms with Crippen molar-refractivity contribution in [1.29, 1.82) is 0 Å². The zero-order valence-electron chi connectivity index (χ0n) is 19.4. The van der Waals surface area contributed by atoms with Crippen molar-refractivity contribution in [2.45, 2.75) is 13.8 Å². The third-order valence-electron chi connectivity index (χ3n) is 6.42. The van der Waals surface area contributed by atoms with Gasteiger partial charge in [0.15, 0.2) is 0 Å². The number of benzene rings is 3. The number of nitrogens with zero attached hydrogens (tertiary/aromatic N) is 2. The van der Waals surface area contributed by atoms with Crippen LogP contribution in [0.2, 0.25) is 0 Å². The van der Waals surface area contributed by atoms with Crippen LogP contribution >= 0.6 is 22.7 Å². The second kappa shape index (κ2) is 9.08. The molecule has 4 aromatic heterocycles. The SMILES string of the molecule is Cc1sc2c(-c3cccc(Oc4[c-]c5c6ncccc6sc5c5ccccc45)n3)[c-]ccc2c1C.[Pt+2]. The number of aryl methyl sites for hydroxylation is 2. The Morgan fingerprint density at radius 2 is 1.69 bits per heavy atom. The normalized spacial score (nSPS) is 11.4. The van der Waals surface area contributed by atoms with Gasteiger partial charge in [-0.15, -0.1) is 29.1 Å². The predicted octanol–water partition coefficient (Wildman–Crippen LogP) is 8.89. The molecule has 0 spiro atoms. The first-order valence-electron chi connectivity index (χ1n) is 11.3. The van der Waals surface area contributed by atoms with Gasteiger partial charge in [-0.3, -0.25) is 4.98 Å². The Kier molecular flexibility index (Phi) is 5.88. The molecule has 0 aliphatic heterocycles. The maximum absolute atomic E-state index is 6.42. The molecule has 7 aromatic rings. The van der Waals surface area contributed by atoms with Gasteiger partial charge in [-0.2, -0.15) is 22.7 Å². The van der Waals surface area contributed by atoms with Gasteiger partial charge in [0.2, 0.25) is 5.88 Å². The van der Waals surface area contributed by atoms with Crippen LogP contribution in [0.5, 0.6) is 11.6 Å². The van der Waals surface area contributed by atoms with Gasteiger partial charge in [0.05, 0.1) is 5.75 Å². The van der Waals surface area contributed by atoms with Gasteiger partial charge < -0.3 is 9.72 Å². The van der Waals surface area contributed by atoms with E-state index in [1.54, 1.807) is 22.7 Å². The largest absolute Gasteiger partial charge is 2.00 e. The van der Waals surface area contributed by atoms with Crippen molar-refractivity contribution < 1.29 is 25.8 Å². The van der Waals surface area contributed by atoms with Crippen LogP contribution < -0.4 is 4.74 Å². The molecule has 3 nitrogen and oxygen atoms in total. The summed E-state index contributed by atoms with van der Waals surface area (Å²) in [7, 11) is 0. The zero-order valence-corrected chi connectivity index (χ0v) is 23.3. The molecule has 0 amide bonds. The molecule has 0 atom stereocenters. The van der Waals surface area contributed by atoms with E-state index in [1.807, 2.05) is 42.6 Å². The summed E-state index contributed by atoms with van der Waals surface area (Å²) in [6, 6.07) is 29.3. The Hall–Kier alpha value is -3.11. The van der Waals surface area contributed by atoms with E-state index >= 15 is 0 Å². The van der Waals surface area contributed by atoms with Crippen LogP contribution in [-0.4, -0.2) is 9.97 Å². The van der Waals surface area contributed by atoms with Gasteiger partial charge in [-0.25, -0.2) is 0 Å². The molecule has 0 N–H and O–H groups in total. The van der Waals surface area contributed by atoms with Gasteiger partial charge in [0, 0.05) is 16.4 Å². The maximum atomic E-state index is 6.42. The van der Waals surface area contributed by atoms with Crippen molar-refractivity contribution in [1.82, 2.24) is 9.97 Å². The van der Waals surface area contributed by atoms with Gasteiger partial charge in [0.25, 0.3) is 0 Å². The Morgan fingerprint density at radius 1 is 0.833 bits per heavy atom. The van der Waals surface area contributed by atoms with E-state index in [9.17, 15) is 0 Å². The van der Waals surface area contributed by atoms with E-state index in [0.717, 1.165) is 37.6 Å². The molecule has 0 radical (unpaired) electrons. The molecule has 6 heteroatoms. The van der Waals surface area contributed by atoms with Gasteiger partial charge in [-0.05, 0) is 51.5 Å². The standard InChI is InChI=1S/C30H18N2OS2.Pt/c1-17-18(2)34-29-19(17)10-5-11-22(29)24-12-6-14-27(32-24)33-25-16-23-28-26(13-7-15-31-28)35-30(23)21-9-4-3-8-20(21)25;/h3-10,12-15H,1-2H3;/q-2;+2. The van der Waals surface area contributed by atoms with E-state index in [2.05, 4.69) is 61.3 Å². The van der Waals surface area contributed by atoms with Crippen molar-refractivity contribution in [3.8, 4) is 22.9 Å². The quantitative estimate of drug-likeness (QED) is 0.175. The number of hydrogen-bond acceptors (Lipinski definition) is 5. The summed E-state index contributed by atoms with van der Waals surface area (Å²) in [5, 5.41) is 4.39. The number of pyridine rings is 2. The summed E-state index contributed by atoms with van der Waals surface area (Å²) in [6.07, 6.45) is 1.83. The molecule has 176 valence electrons. The van der Waals surface area contributed by atoms with Crippen molar-refractivity contribution in [2.24, 2.45) is 0 Å². The van der Waals surface area contributed by atoms with Crippen molar-refractivity contribution in [3.63, 3.8) is 0 Å². The molecule has 7 rings (SSSR count). The van der Waals surface area contributed by atoms with Crippen LogP contribution in [0.25, 0.3) is 52.4 Å². The molecule has 0 bridgehead atoms. The topological polar surface area (TPSA) is 35.0 Å². The molecular weight excluding hydrogens is 664 g/mol. The van der Waals surface area contributed by atoms with Crippen LogP contribution in [0.15, 0.2) is 72.9 Å². The van der Waals surface area contributed by atoms with Crippen molar-refractivity contribution >= 4 is 63.8 Å². The summed E-state index contributed by atoms with van der Waals surface area (Å²) >= 11 is 3.53. The second-order valence-electron chi connectivity index (χ2n) is 8.50. The first-order valence-corrected chi connectivity index (χ1v) is 13.0. The van der Waals surface area contributed by atoms with Gasteiger partial charge in [0.1, 0.15) is 0 Å². The third kappa shape index (κ3) is 3.65. The first kappa shape index (κ1) is 23.3. The number of rotatable bonds is 3.